The van der Waals surface area contributed by atoms with Crippen molar-refractivity contribution >= 4 is 27.9 Å². The van der Waals surface area contributed by atoms with Crippen LogP contribution in [0.1, 0.15) is 31.0 Å². The quantitative estimate of drug-likeness (QED) is 0.423. The number of methoxy groups -OCH3 is 2. The van der Waals surface area contributed by atoms with E-state index in [0.717, 1.165) is 39.1 Å². The summed E-state index contributed by atoms with van der Waals surface area (Å²) in [5, 5.41) is 4.95. The highest BCUT2D eigenvalue weighted by molar-refractivity contribution is 7.15. The number of anilines is 1. The average Bonchev–Trinajstić information content (AvgIpc) is 3.35. The summed E-state index contributed by atoms with van der Waals surface area (Å²) in [5.74, 6) is 1.85. The van der Waals surface area contributed by atoms with E-state index in [-0.39, 0.29) is 12.3 Å². The van der Waals surface area contributed by atoms with Crippen molar-refractivity contribution < 1.29 is 14.3 Å². The molecule has 1 N–H and O–H groups in total. The van der Waals surface area contributed by atoms with Gasteiger partial charge in [0.2, 0.25) is 5.91 Å². The number of rotatable bonds is 7. The van der Waals surface area contributed by atoms with Crippen LogP contribution in [0, 0.1) is 0 Å². The Morgan fingerprint density at radius 1 is 1.13 bits per heavy atom. The number of hydrogen-bond acceptors (Lipinski definition) is 5. The maximum atomic E-state index is 12.6. The van der Waals surface area contributed by atoms with E-state index in [1.807, 2.05) is 58.4 Å². The van der Waals surface area contributed by atoms with Crippen molar-refractivity contribution in [1.29, 1.82) is 0 Å². The predicted octanol–water partition coefficient (Wildman–Crippen LogP) is 5.38. The van der Waals surface area contributed by atoms with Crippen molar-refractivity contribution in [3.8, 4) is 22.8 Å². The molecule has 0 aliphatic rings. The molecule has 0 spiro atoms. The first-order valence-electron chi connectivity index (χ1n) is 10.1. The lowest BCUT2D eigenvalue weighted by molar-refractivity contribution is -0.115. The van der Waals surface area contributed by atoms with Gasteiger partial charge < -0.3 is 14.8 Å². The molecule has 0 saturated carbocycles. The van der Waals surface area contributed by atoms with Crippen LogP contribution in [0.25, 0.3) is 16.2 Å². The van der Waals surface area contributed by atoms with Crippen LogP contribution < -0.4 is 14.8 Å². The number of benzene rings is 2. The summed E-state index contributed by atoms with van der Waals surface area (Å²) < 4.78 is 12.8. The Kier molecular flexibility index (Phi) is 5.95. The maximum Gasteiger partial charge on any atom is 0.230 e. The molecule has 4 aromatic rings. The zero-order valence-electron chi connectivity index (χ0n) is 18.0. The topological polar surface area (TPSA) is 64.9 Å². The molecule has 2 aromatic heterocycles. The fraction of sp³-hybridized carbons (Fsp3) is 0.250. The molecule has 0 aliphatic carbocycles. The highest BCUT2D eigenvalue weighted by Crippen LogP contribution is 2.34. The van der Waals surface area contributed by atoms with Crippen molar-refractivity contribution in [2.24, 2.45) is 0 Å². The van der Waals surface area contributed by atoms with Crippen LogP contribution in [-0.4, -0.2) is 29.5 Å². The number of amides is 1. The lowest BCUT2D eigenvalue weighted by Crippen LogP contribution is -2.15. The second-order valence-electron chi connectivity index (χ2n) is 7.57. The second-order valence-corrected chi connectivity index (χ2v) is 8.41. The fourth-order valence-electron chi connectivity index (χ4n) is 3.42. The van der Waals surface area contributed by atoms with Crippen LogP contribution in [-0.2, 0) is 11.2 Å². The van der Waals surface area contributed by atoms with Gasteiger partial charge in [-0.25, -0.2) is 4.98 Å². The predicted molar refractivity (Wildman–Crippen MR) is 124 cm³/mol. The lowest BCUT2D eigenvalue weighted by Gasteiger charge is -2.08. The zero-order valence-corrected chi connectivity index (χ0v) is 18.8. The molecular formula is C24H25N3O3S. The fourth-order valence-corrected chi connectivity index (χ4v) is 4.29. The Morgan fingerprint density at radius 2 is 1.90 bits per heavy atom. The summed E-state index contributed by atoms with van der Waals surface area (Å²) in [5.41, 5.74) is 4.55. The highest BCUT2D eigenvalue weighted by atomic mass is 32.1. The van der Waals surface area contributed by atoms with Crippen LogP contribution in [0.2, 0.25) is 0 Å². The second kappa shape index (κ2) is 8.81. The Bertz CT molecular complexity index is 1210. The summed E-state index contributed by atoms with van der Waals surface area (Å²) >= 11 is 1.51. The third kappa shape index (κ3) is 4.41. The van der Waals surface area contributed by atoms with Gasteiger partial charge in [0.15, 0.2) is 4.96 Å². The van der Waals surface area contributed by atoms with Crippen molar-refractivity contribution in [1.82, 2.24) is 9.38 Å². The van der Waals surface area contributed by atoms with Gasteiger partial charge in [0.05, 0.1) is 26.3 Å². The van der Waals surface area contributed by atoms with Crippen molar-refractivity contribution in [3.05, 3.63) is 65.3 Å². The number of ether oxygens (including phenoxy) is 2. The third-order valence-electron chi connectivity index (χ3n) is 5.17. The van der Waals surface area contributed by atoms with E-state index < -0.39 is 0 Å². The molecule has 0 atom stereocenters. The molecule has 1 amide bonds. The van der Waals surface area contributed by atoms with Crippen molar-refractivity contribution in [3.63, 3.8) is 0 Å². The van der Waals surface area contributed by atoms with Crippen LogP contribution >= 0.6 is 11.3 Å². The number of hydrogen-bond donors (Lipinski definition) is 1. The van der Waals surface area contributed by atoms with Gasteiger partial charge in [-0.2, -0.15) is 0 Å². The first-order valence-corrected chi connectivity index (χ1v) is 10.9. The molecule has 7 heteroatoms. The van der Waals surface area contributed by atoms with Gasteiger partial charge in [0.25, 0.3) is 0 Å². The molecule has 0 bridgehead atoms. The van der Waals surface area contributed by atoms with Crippen molar-refractivity contribution in [2.75, 3.05) is 19.5 Å². The van der Waals surface area contributed by atoms with E-state index in [1.54, 1.807) is 14.2 Å². The van der Waals surface area contributed by atoms with Crippen LogP contribution in [0.5, 0.6) is 11.5 Å². The van der Waals surface area contributed by atoms with E-state index in [9.17, 15) is 4.79 Å². The number of thiazole rings is 1. The van der Waals surface area contributed by atoms with E-state index in [2.05, 4.69) is 19.2 Å². The molecule has 0 fully saturated rings. The molecule has 6 nitrogen and oxygen atoms in total. The third-order valence-corrected chi connectivity index (χ3v) is 6.06. The molecule has 0 radical (unpaired) electrons. The number of aromatic nitrogens is 2. The summed E-state index contributed by atoms with van der Waals surface area (Å²) in [7, 11) is 3.26. The number of carbonyl (C=O) groups is 1. The first kappa shape index (κ1) is 20.9. The van der Waals surface area contributed by atoms with Crippen LogP contribution in [0.15, 0.2) is 54.0 Å². The van der Waals surface area contributed by atoms with Crippen molar-refractivity contribution in [2.45, 2.75) is 26.2 Å². The summed E-state index contributed by atoms with van der Waals surface area (Å²) in [6.07, 6.45) is 2.19. The molecule has 0 saturated heterocycles. The highest BCUT2D eigenvalue weighted by Gasteiger charge is 2.16. The average molecular weight is 436 g/mol. The van der Waals surface area contributed by atoms with Gasteiger partial charge in [-0.1, -0.05) is 26.0 Å². The summed E-state index contributed by atoms with van der Waals surface area (Å²) in [4.78, 5) is 18.2. The molecule has 0 unspecified atom stereocenters. The number of nitrogens with zero attached hydrogens (tertiary/aromatic N) is 2. The Hall–Kier alpha value is -3.32. The number of nitrogens with one attached hydrogen (secondary N) is 1. The zero-order chi connectivity index (χ0) is 22.0. The number of fused-ring (bicyclic) bond motifs is 1. The smallest absolute Gasteiger partial charge is 0.230 e. The molecule has 31 heavy (non-hydrogen) atoms. The normalized spacial score (nSPS) is 11.1. The molecule has 160 valence electrons. The molecule has 2 aromatic carbocycles. The van der Waals surface area contributed by atoms with E-state index in [0.29, 0.717) is 5.92 Å². The minimum Gasteiger partial charge on any atom is -0.497 e. The minimum absolute atomic E-state index is 0.0637. The molecule has 4 rings (SSSR count). The van der Waals surface area contributed by atoms with Gasteiger partial charge in [0, 0.05) is 28.5 Å². The summed E-state index contributed by atoms with van der Waals surface area (Å²) in [6, 6.07) is 13.6. The SMILES string of the molecule is COc1ccc(OC)c(-c2cn3c(CC(=O)Nc4ccc(C(C)C)cc4)csc3n2)c1. The Labute approximate surface area is 185 Å². The maximum absolute atomic E-state index is 12.6. The summed E-state index contributed by atoms with van der Waals surface area (Å²) in [6.45, 7) is 4.30. The molecule has 2 heterocycles. The lowest BCUT2D eigenvalue weighted by atomic mass is 10.0. The standard InChI is InChI=1S/C24H25N3O3S/c1-15(2)16-5-7-17(8-6-16)25-23(28)11-18-14-31-24-26-21(13-27(18)24)20-12-19(29-3)9-10-22(20)30-4/h5-10,12-15H,11H2,1-4H3,(H,25,28). The van der Waals surface area contributed by atoms with Gasteiger partial charge in [0.1, 0.15) is 11.5 Å². The Morgan fingerprint density at radius 3 is 2.58 bits per heavy atom. The number of carbonyl (C=O) groups excluding carboxylic acids is 1. The van der Waals surface area contributed by atoms with Crippen LogP contribution in [0.4, 0.5) is 5.69 Å². The monoisotopic (exact) mass is 435 g/mol. The molecule has 0 aliphatic heterocycles. The van der Waals surface area contributed by atoms with E-state index in [4.69, 9.17) is 14.5 Å². The molecular weight excluding hydrogens is 410 g/mol. The first-order chi connectivity index (χ1) is 15.0. The largest absolute Gasteiger partial charge is 0.497 e. The van der Waals surface area contributed by atoms with E-state index >= 15 is 0 Å². The van der Waals surface area contributed by atoms with Gasteiger partial charge in [-0.15, -0.1) is 11.3 Å². The number of imidazole rings is 1. The Balaban J connectivity index is 1.55. The van der Waals surface area contributed by atoms with Gasteiger partial charge in [-0.3, -0.25) is 9.20 Å². The van der Waals surface area contributed by atoms with Crippen LogP contribution in [0.3, 0.4) is 0 Å². The van der Waals surface area contributed by atoms with E-state index in [1.165, 1.54) is 16.9 Å². The minimum atomic E-state index is -0.0637. The van der Waals surface area contributed by atoms with Gasteiger partial charge >= 0.3 is 0 Å². The van der Waals surface area contributed by atoms with Gasteiger partial charge in [-0.05, 0) is 41.8 Å².